The van der Waals surface area contributed by atoms with Crippen LogP contribution in [-0.2, 0) is 57.8 Å². The Bertz CT molecular complexity index is 1850. The molecule has 0 radical (unpaired) electrons. The Labute approximate surface area is 380 Å². The molecular weight excluding hydrogens is 873 g/mol. The zero-order valence-corrected chi connectivity index (χ0v) is 37.9. The number of carbonyl (C=O) groups is 6. The van der Waals surface area contributed by atoms with Gasteiger partial charge in [-0.15, -0.1) is 5.06 Å². The van der Waals surface area contributed by atoms with Crippen LogP contribution in [0.25, 0.3) is 0 Å². The highest BCUT2D eigenvalue weighted by Crippen LogP contribution is 2.23. The lowest BCUT2D eigenvalue weighted by molar-refractivity contribution is -0.200. The van der Waals surface area contributed by atoms with E-state index in [-0.39, 0.29) is 107 Å². The van der Waals surface area contributed by atoms with Crippen LogP contribution in [-0.4, -0.2) is 136 Å². The van der Waals surface area contributed by atoms with E-state index in [0.29, 0.717) is 30.1 Å². The van der Waals surface area contributed by atoms with Crippen LogP contribution >= 0.6 is 0 Å². The predicted octanol–water partition coefficient (Wildman–Crippen LogP) is 3.72. The molecule has 0 spiro atoms. The summed E-state index contributed by atoms with van der Waals surface area (Å²) >= 11 is 0. The molecule has 65 heavy (non-hydrogen) atoms. The predicted molar refractivity (Wildman–Crippen MR) is 233 cm³/mol. The fourth-order valence-electron chi connectivity index (χ4n) is 6.18. The number of nitrogens with one attached hydrogen (secondary N) is 3. The zero-order chi connectivity index (χ0) is 47.1. The Morgan fingerprint density at radius 2 is 1.28 bits per heavy atom. The average Bonchev–Trinajstić information content (AvgIpc) is 3.59. The van der Waals surface area contributed by atoms with Gasteiger partial charge in [0.05, 0.1) is 56.2 Å². The van der Waals surface area contributed by atoms with Gasteiger partial charge in [-0.05, 0) is 56.4 Å². The van der Waals surface area contributed by atoms with Gasteiger partial charge in [0.2, 0.25) is 11.9 Å². The second-order valence-corrected chi connectivity index (χ2v) is 16.7. The maximum absolute atomic E-state index is 13.1. The number of carboxylic acid groups (broad SMARTS) is 1. The normalized spacial score (nSPS) is 13.1. The maximum Gasteiger partial charge on any atom is 0.358 e. The first-order valence-electron chi connectivity index (χ1n) is 22.1. The Kier molecular flexibility index (Phi) is 26.2. The maximum atomic E-state index is 13.1. The number of aromatic nitrogens is 2. The highest BCUT2D eigenvalue weighted by molar-refractivity contribution is 7.92. The minimum atomic E-state index is -4.06. The number of carbonyl (C=O) groups excluding carboxylic acids is 5. The van der Waals surface area contributed by atoms with Gasteiger partial charge in [-0.3, -0.25) is 24.0 Å². The zero-order valence-electron chi connectivity index (χ0n) is 37.1. The number of amides is 4. The molecule has 1 aromatic carbocycles. The van der Waals surface area contributed by atoms with Crippen LogP contribution < -0.4 is 20.1 Å². The van der Waals surface area contributed by atoms with E-state index < -0.39 is 46.3 Å². The molecule has 0 saturated carbocycles. The summed E-state index contributed by atoms with van der Waals surface area (Å²) in [5, 5.41) is 14.7. The first kappa shape index (κ1) is 54.0. The third-order valence-electron chi connectivity index (χ3n) is 9.62. The van der Waals surface area contributed by atoms with E-state index >= 15 is 0 Å². The van der Waals surface area contributed by atoms with Crippen molar-refractivity contribution in [2.45, 2.75) is 114 Å². The van der Waals surface area contributed by atoms with Crippen LogP contribution in [0.15, 0.2) is 41.6 Å². The summed E-state index contributed by atoms with van der Waals surface area (Å²) in [5.41, 5.74) is 0.0983. The largest absolute Gasteiger partial charge is 0.490 e. The van der Waals surface area contributed by atoms with Gasteiger partial charge in [0.25, 0.3) is 27.7 Å². The summed E-state index contributed by atoms with van der Waals surface area (Å²) in [7, 11) is -4.06. The molecule has 1 atom stereocenters. The van der Waals surface area contributed by atoms with Gasteiger partial charge in [0, 0.05) is 44.7 Å². The number of aliphatic carboxylic acids is 1. The van der Waals surface area contributed by atoms with Crippen molar-refractivity contribution in [2.24, 2.45) is 0 Å². The van der Waals surface area contributed by atoms with Gasteiger partial charge >= 0.3 is 11.9 Å². The van der Waals surface area contributed by atoms with Crippen molar-refractivity contribution < 1.29 is 70.8 Å². The number of imide groups is 1. The molecule has 1 aromatic heterocycles. The van der Waals surface area contributed by atoms with E-state index in [9.17, 15) is 37.2 Å². The number of unbranched alkanes of at least 4 members (excludes halogenated alkanes) is 8. The number of carboxylic acids is 1. The number of nitrogens with zero attached hydrogens (tertiary/aromatic N) is 3. The van der Waals surface area contributed by atoms with E-state index in [2.05, 4.69) is 37.1 Å². The molecular formula is C43H64N6O15S. The summed E-state index contributed by atoms with van der Waals surface area (Å²) in [6.07, 6.45) is 14.7. The third kappa shape index (κ3) is 23.5. The van der Waals surface area contributed by atoms with E-state index in [1.807, 2.05) is 0 Å². The number of anilines is 1. The quantitative estimate of drug-likeness (QED) is 0.0555. The second kappa shape index (κ2) is 31.6. The average molecular weight is 937 g/mol. The number of hydrogen-bond acceptors (Lipinski definition) is 16. The molecule has 1 saturated heterocycles. The van der Waals surface area contributed by atoms with Crippen molar-refractivity contribution in [2.75, 3.05) is 70.7 Å². The molecule has 4 N–H and O–H groups in total. The van der Waals surface area contributed by atoms with E-state index in [0.717, 1.165) is 19.3 Å². The lowest BCUT2D eigenvalue weighted by Gasteiger charge is -2.19. The second-order valence-electron chi connectivity index (χ2n) is 15.0. The molecule has 1 aliphatic heterocycles. The third-order valence-corrected chi connectivity index (χ3v) is 11.0. The minimum absolute atomic E-state index is 0.00197. The fraction of sp³-hybridized carbons (Fsp3) is 0.628. The van der Waals surface area contributed by atoms with Gasteiger partial charge in [0.15, 0.2) is 0 Å². The topological polar surface area (TPSA) is 277 Å². The number of ether oxygens (including phenoxy) is 5. The molecule has 4 amide bonds. The smallest absolute Gasteiger partial charge is 0.358 e. The Hall–Kier alpha value is -5.29. The number of sulfonamides is 1. The molecule has 21 nitrogen and oxygen atoms in total. The summed E-state index contributed by atoms with van der Waals surface area (Å²) in [5.74, 6) is -3.45. The number of rotatable bonds is 37. The molecule has 1 unspecified atom stereocenters. The van der Waals surface area contributed by atoms with Gasteiger partial charge < -0.3 is 44.3 Å². The van der Waals surface area contributed by atoms with Crippen LogP contribution in [0.3, 0.4) is 0 Å². The van der Waals surface area contributed by atoms with Crippen molar-refractivity contribution in [1.82, 2.24) is 25.7 Å². The van der Waals surface area contributed by atoms with Gasteiger partial charge in [-0.25, -0.2) is 27.9 Å². The summed E-state index contributed by atoms with van der Waals surface area (Å²) in [4.78, 5) is 82.5. The molecule has 362 valence electrons. The van der Waals surface area contributed by atoms with Crippen molar-refractivity contribution in [1.29, 1.82) is 0 Å². The van der Waals surface area contributed by atoms with Crippen LogP contribution in [0.4, 0.5) is 5.95 Å². The molecule has 0 aliphatic carbocycles. The lowest BCUT2D eigenvalue weighted by Crippen LogP contribution is -2.33. The molecule has 2 heterocycles. The Morgan fingerprint density at radius 1 is 0.723 bits per heavy atom. The standard InChI is InChI=1S/C43H64N6O15S/c1-2-3-4-5-6-7-8-9-12-34(13-10-11-14-40(53)54)63-35-15-17-36(18-16-35)65(57,58)48-43-46-29-33(30-47-43)42(56)45-22-24-60-25-27-61-31-37(50)44-21-23-59-26-28-62-32-41(55)64-49-38(51)19-20-39(49)52/h15-18,29-30,34H,2-14,19-28,31-32H2,1H3,(H,44,50)(H,45,56)(H,53,54)(H,46,47,48). The van der Waals surface area contributed by atoms with Crippen LogP contribution in [0.2, 0.25) is 0 Å². The minimum Gasteiger partial charge on any atom is -0.490 e. The first-order chi connectivity index (χ1) is 31.4. The summed E-state index contributed by atoms with van der Waals surface area (Å²) in [6.45, 7) is 2.66. The fourth-order valence-corrected chi connectivity index (χ4v) is 7.14. The van der Waals surface area contributed by atoms with Crippen molar-refractivity contribution in [3.05, 3.63) is 42.2 Å². The monoisotopic (exact) mass is 936 g/mol. The van der Waals surface area contributed by atoms with Crippen molar-refractivity contribution >= 4 is 51.5 Å². The first-order valence-corrected chi connectivity index (χ1v) is 23.6. The highest BCUT2D eigenvalue weighted by atomic mass is 32.2. The van der Waals surface area contributed by atoms with E-state index in [1.165, 1.54) is 63.1 Å². The van der Waals surface area contributed by atoms with Crippen LogP contribution in [0.5, 0.6) is 5.75 Å². The number of hydroxylamine groups is 2. The Balaban J connectivity index is 1.24. The van der Waals surface area contributed by atoms with Gasteiger partial charge in [0.1, 0.15) is 19.0 Å². The van der Waals surface area contributed by atoms with Crippen molar-refractivity contribution in [3.63, 3.8) is 0 Å². The number of hydrogen-bond donors (Lipinski definition) is 4. The van der Waals surface area contributed by atoms with Crippen LogP contribution in [0, 0.1) is 0 Å². The summed E-state index contributed by atoms with van der Waals surface area (Å²) < 4.78 is 55.8. The molecule has 2 aromatic rings. The summed E-state index contributed by atoms with van der Waals surface area (Å²) in [6, 6.07) is 6.01. The van der Waals surface area contributed by atoms with E-state index in [1.54, 1.807) is 12.1 Å². The number of benzene rings is 1. The van der Waals surface area contributed by atoms with Crippen LogP contribution in [0.1, 0.15) is 114 Å². The van der Waals surface area contributed by atoms with E-state index in [4.69, 9.17) is 28.8 Å². The molecule has 0 bridgehead atoms. The SMILES string of the molecule is CCCCCCCCCCC(CCCCC(=O)O)Oc1ccc(S(=O)(=O)Nc2ncc(C(=O)NCCOCCOCC(=O)NCCOCCOCC(=O)ON3C(=O)CCC3=O)cn2)cc1. The van der Waals surface area contributed by atoms with Crippen molar-refractivity contribution in [3.8, 4) is 5.75 Å². The van der Waals surface area contributed by atoms with Gasteiger partial charge in [-0.2, -0.15) is 0 Å². The molecule has 1 aliphatic rings. The van der Waals surface area contributed by atoms with Gasteiger partial charge in [-0.1, -0.05) is 51.9 Å². The highest BCUT2D eigenvalue weighted by Gasteiger charge is 2.32. The lowest BCUT2D eigenvalue weighted by atomic mass is 10.0. The Morgan fingerprint density at radius 3 is 1.89 bits per heavy atom. The molecule has 3 rings (SSSR count). The molecule has 1 fully saturated rings. The molecule has 22 heteroatoms.